The number of aryl methyl sites for hydroxylation is 1. The molecule has 0 aliphatic heterocycles. The Labute approximate surface area is 113 Å². The van der Waals surface area contributed by atoms with Gasteiger partial charge in [0, 0.05) is 29.2 Å². The second-order valence-corrected chi connectivity index (χ2v) is 5.67. The van der Waals surface area contributed by atoms with Gasteiger partial charge in [-0.3, -0.25) is 10.1 Å². The fourth-order valence-electron chi connectivity index (χ4n) is 1.61. The standard InChI is InChI=1S/C12H11ClN2O2S/c1-8-4-9(6-10(5-8)15(16)17)14-7-11-2-3-12(13)18-11/h2-6,14H,7H2,1H3. The molecule has 0 spiro atoms. The maximum absolute atomic E-state index is 10.7. The quantitative estimate of drug-likeness (QED) is 0.674. The van der Waals surface area contributed by atoms with Crippen molar-refractivity contribution in [1.82, 2.24) is 0 Å². The van der Waals surface area contributed by atoms with Crippen LogP contribution < -0.4 is 5.32 Å². The molecule has 2 aromatic rings. The number of nitrogens with zero attached hydrogens (tertiary/aromatic N) is 1. The summed E-state index contributed by atoms with van der Waals surface area (Å²) in [7, 11) is 0. The summed E-state index contributed by atoms with van der Waals surface area (Å²) >= 11 is 7.33. The summed E-state index contributed by atoms with van der Waals surface area (Å²) in [6.45, 7) is 2.44. The highest BCUT2D eigenvalue weighted by Crippen LogP contribution is 2.24. The minimum atomic E-state index is -0.389. The van der Waals surface area contributed by atoms with Crippen LogP contribution in [-0.2, 0) is 6.54 Å². The summed E-state index contributed by atoms with van der Waals surface area (Å²) in [5, 5.41) is 13.9. The topological polar surface area (TPSA) is 55.2 Å². The first-order chi connectivity index (χ1) is 8.54. The van der Waals surface area contributed by atoms with Gasteiger partial charge in [-0.2, -0.15) is 0 Å². The molecule has 0 aliphatic rings. The molecule has 0 aliphatic carbocycles. The average Bonchev–Trinajstić information content (AvgIpc) is 2.72. The highest BCUT2D eigenvalue weighted by atomic mass is 35.5. The van der Waals surface area contributed by atoms with E-state index in [0.717, 1.165) is 20.5 Å². The number of nitrogens with one attached hydrogen (secondary N) is 1. The first-order valence-corrected chi connectivity index (χ1v) is 6.48. The van der Waals surface area contributed by atoms with Gasteiger partial charge in [-0.1, -0.05) is 11.6 Å². The largest absolute Gasteiger partial charge is 0.380 e. The fraction of sp³-hybridized carbons (Fsp3) is 0.167. The predicted molar refractivity (Wildman–Crippen MR) is 74.5 cm³/mol. The average molecular weight is 283 g/mol. The first-order valence-electron chi connectivity index (χ1n) is 5.29. The molecule has 1 N–H and O–H groups in total. The highest BCUT2D eigenvalue weighted by Gasteiger charge is 2.08. The smallest absolute Gasteiger partial charge is 0.271 e. The maximum Gasteiger partial charge on any atom is 0.271 e. The summed E-state index contributed by atoms with van der Waals surface area (Å²) in [4.78, 5) is 11.4. The van der Waals surface area contributed by atoms with Gasteiger partial charge in [0.25, 0.3) is 5.69 Å². The second-order valence-electron chi connectivity index (χ2n) is 3.87. The van der Waals surface area contributed by atoms with Crippen LogP contribution in [0.5, 0.6) is 0 Å². The normalized spacial score (nSPS) is 10.3. The van der Waals surface area contributed by atoms with Crippen LogP contribution in [0, 0.1) is 17.0 Å². The van der Waals surface area contributed by atoms with E-state index in [1.54, 1.807) is 6.07 Å². The number of halogens is 1. The maximum atomic E-state index is 10.7. The van der Waals surface area contributed by atoms with E-state index in [2.05, 4.69) is 5.32 Å². The molecule has 0 amide bonds. The van der Waals surface area contributed by atoms with Gasteiger partial charge in [0.05, 0.1) is 9.26 Å². The lowest BCUT2D eigenvalue weighted by Crippen LogP contribution is -1.99. The molecule has 0 fully saturated rings. The lowest BCUT2D eigenvalue weighted by molar-refractivity contribution is -0.384. The molecular formula is C12H11ClN2O2S. The Bertz CT molecular complexity index is 583. The number of nitro benzene ring substituents is 1. The van der Waals surface area contributed by atoms with Gasteiger partial charge in [-0.25, -0.2) is 0 Å². The number of hydrogen-bond acceptors (Lipinski definition) is 4. The van der Waals surface area contributed by atoms with Crippen LogP contribution in [0.25, 0.3) is 0 Å². The van der Waals surface area contributed by atoms with Gasteiger partial charge >= 0.3 is 0 Å². The Hall–Kier alpha value is -1.59. The molecule has 2 rings (SSSR count). The molecule has 1 aromatic carbocycles. The van der Waals surface area contributed by atoms with Gasteiger partial charge < -0.3 is 5.32 Å². The van der Waals surface area contributed by atoms with Crippen LogP contribution in [0.3, 0.4) is 0 Å². The van der Waals surface area contributed by atoms with E-state index < -0.39 is 0 Å². The number of hydrogen-bond donors (Lipinski definition) is 1. The Morgan fingerprint density at radius 1 is 1.39 bits per heavy atom. The first kappa shape index (κ1) is 12.9. The number of nitro groups is 1. The summed E-state index contributed by atoms with van der Waals surface area (Å²) < 4.78 is 0.738. The molecule has 1 heterocycles. The zero-order valence-electron chi connectivity index (χ0n) is 9.64. The van der Waals surface area contributed by atoms with E-state index in [1.807, 2.05) is 25.1 Å². The van der Waals surface area contributed by atoms with Gasteiger partial charge in [-0.05, 0) is 30.7 Å². The third-order valence-corrected chi connectivity index (χ3v) is 3.60. The molecule has 0 bridgehead atoms. The zero-order valence-corrected chi connectivity index (χ0v) is 11.2. The molecule has 0 saturated heterocycles. The lowest BCUT2D eigenvalue weighted by Gasteiger charge is -2.05. The predicted octanol–water partition coefficient (Wildman–Crippen LogP) is 4.23. The van der Waals surface area contributed by atoms with Gasteiger partial charge in [0.1, 0.15) is 0 Å². The second kappa shape index (κ2) is 5.37. The van der Waals surface area contributed by atoms with Crippen molar-refractivity contribution in [2.45, 2.75) is 13.5 Å². The molecule has 0 unspecified atom stereocenters. The van der Waals surface area contributed by atoms with E-state index in [9.17, 15) is 10.1 Å². The van der Waals surface area contributed by atoms with Crippen molar-refractivity contribution >= 4 is 34.3 Å². The SMILES string of the molecule is Cc1cc(NCc2ccc(Cl)s2)cc([N+](=O)[O-])c1. The summed E-state index contributed by atoms with van der Waals surface area (Å²) in [6.07, 6.45) is 0. The van der Waals surface area contributed by atoms with Crippen LogP contribution in [0.1, 0.15) is 10.4 Å². The Morgan fingerprint density at radius 2 is 2.17 bits per heavy atom. The molecule has 0 saturated carbocycles. The number of rotatable bonds is 4. The fourth-order valence-corrected chi connectivity index (χ4v) is 2.63. The van der Waals surface area contributed by atoms with Gasteiger partial charge in [0.15, 0.2) is 0 Å². The summed E-state index contributed by atoms with van der Waals surface area (Å²) in [5.74, 6) is 0. The molecule has 94 valence electrons. The summed E-state index contributed by atoms with van der Waals surface area (Å²) in [6, 6.07) is 8.73. The zero-order chi connectivity index (χ0) is 13.1. The van der Waals surface area contributed by atoms with E-state index in [0.29, 0.717) is 6.54 Å². The van der Waals surface area contributed by atoms with Crippen molar-refractivity contribution in [3.8, 4) is 0 Å². The molecular weight excluding hydrogens is 272 g/mol. The molecule has 1 aromatic heterocycles. The number of benzene rings is 1. The third-order valence-electron chi connectivity index (χ3n) is 2.37. The molecule has 18 heavy (non-hydrogen) atoms. The minimum absolute atomic E-state index is 0.0988. The van der Waals surface area contributed by atoms with Crippen molar-refractivity contribution in [3.63, 3.8) is 0 Å². The Balaban J connectivity index is 2.11. The van der Waals surface area contributed by atoms with Crippen molar-refractivity contribution in [3.05, 3.63) is 55.2 Å². The Kier molecular flexibility index (Phi) is 3.84. The van der Waals surface area contributed by atoms with Crippen molar-refractivity contribution in [2.24, 2.45) is 0 Å². The van der Waals surface area contributed by atoms with E-state index >= 15 is 0 Å². The van der Waals surface area contributed by atoms with E-state index in [4.69, 9.17) is 11.6 Å². The molecule has 4 nitrogen and oxygen atoms in total. The Morgan fingerprint density at radius 3 is 2.78 bits per heavy atom. The van der Waals surface area contributed by atoms with Crippen LogP contribution in [0.15, 0.2) is 30.3 Å². The molecule has 0 atom stereocenters. The number of thiophene rings is 1. The molecule has 0 radical (unpaired) electrons. The number of non-ortho nitro benzene ring substituents is 1. The molecule has 6 heteroatoms. The number of anilines is 1. The van der Waals surface area contributed by atoms with Crippen LogP contribution >= 0.6 is 22.9 Å². The van der Waals surface area contributed by atoms with Crippen LogP contribution in [-0.4, -0.2) is 4.92 Å². The highest BCUT2D eigenvalue weighted by molar-refractivity contribution is 7.16. The third kappa shape index (κ3) is 3.21. The van der Waals surface area contributed by atoms with Crippen molar-refractivity contribution in [1.29, 1.82) is 0 Å². The van der Waals surface area contributed by atoms with Crippen LogP contribution in [0.2, 0.25) is 4.34 Å². The monoisotopic (exact) mass is 282 g/mol. The van der Waals surface area contributed by atoms with E-state index in [-0.39, 0.29) is 10.6 Å². The summed E-state index contributed by atoms with van der Waals surface area (Å²) in [5.41, 5.74) is 1.70. The van der Waals surface area contributed by atoms with Crippen molar-refractivity contribution < 1.29 is 4.92 Å². The van der Waals surface area contributed by atoms with Gasteiger partial charge in [0.2, 0.25) is 0 Å². The van der Waals surface area contributed by atoms with Crippen LogP contribution in [0.4, 0.5) is 11.4 Å². The van der Waals surface area contributed by atoms with E-state index in [1.165, 1.54) is 17.4 Å². The van der Waals surface area contributed by atoms with Gasteiger partial charge in [-0.15, -0.1) is 11.3 Å². The minimum Gasteiger partial charge on any atom is -0.380 e. The lowest BCUT2D eigenvalue weighted by atomic mass is 10.2. The van der Waals surface area contributed by atoms with Crippen molar-refractivity contribution in [2.75, 3.05) is 5.32 Å².